The third-order valence-corrected chi connectivity index (χ3v) is 4.34. The normalized spacial score (nSPS) is 11.1. The third-order valence-electron chi connectivity index (χ3n) is 2.96. The highest BCUT2D eigenvalue weighted by Gasteiger charge is 2.22. The van der Waals surface area contributed by atoms with E-state index in [1.807, 2.05) is 6.07 Å². The van der Waals surface area contributed by atoms with Crippen molar-refractivity contribution in [1.29, 1.82) is 0 Å². The molecule has 0 radical (unpaired) electrons. The molecular weight excluding hydrogens is 290 g/mol. The molecule has 0 fully saturated rings. The second kappa shape index (κ2) is 5.57. The van der Waals surface area contributed by atoms with E-state index < -0.39 is 16.0 Å². The van der Waals surface area contributed by atoms with Crippen molar-refractivity contribution >= 4 is 16.0 Å². The molecule has 2 aromatic carbocycles. The number of carbonyl (C=O) groups is 1. The van der Waals surface area contributed by atoms with Gasteiger partial charge in [0.15, 0.2) is 5.75 Å². The van der Waals surface area contributed by atoms with Crippen LogP contribution in [0.2, 0.25) is 0 Å². The maximum atomic E-state index is 12.4. The molecule has 2 aromatic rings. The smallest absolute Gasteiger partial charge is 0.339 e. The van der Waals surface area contributed by atoms with E-state index in [9.17, 15) is 13.2 Å². The van der Waals surface area contributed by atoms with Gasteiger partial charge in [0.1, 0.15) is 4.90 Å². The van der Waals surface area contributed by atoms with Crippen LogP contribution in [0.25, 0.3) is 0 Å². The quantitative estimate of drug-likeness (QED) is 0.877. The van der Waals surface area contributed by atoms with Crippen molar-refractivity contribution in [1.82, 2.24) is 0 Å². The second-order valence-electron chi connectivity index (χ2n) is 4.67. The molecule has 110 valence electrons. The van der Waals surface area contributed by atoms with Crippen LogP contribution in [0.1, 0.15) is 21.5 Å². The molecule has 0 aromatic heterocycles. The lowest BCUT2D eigenvalue weighted by Crippen LogP contribution is -2.17. The van der Waals surface area contributed by atoms with Gasteiger partial charge in [0, 0.05) is 0 Å². The van der Waals surface area contributed by atoms with Gasteiger partial charge in [-0.15, -0.1) is 0 Å². The van der Waals surface area contributed by atoms with Crippen LogP contribution in [-0.4, -0.2) is 14.3 Å². The van der Waals surface area contributed by atoms with Crippen molar-refractivity contribution in [3.05, 3.63) is 59.2 Å². The number of benzene rings is 2. The van der Waals surface area contributed by atoms with Gasteiger partial charge in [-0.2, -0.15) is 8.42 Å². The van der Waals surface area contributed by atoms with E-state index >= 15 is 0 Å². The summed E-state index contributed by atoms with van der Waals surface area (Å²) in [5.41, 5.74) is 6.60. The van der Waals surface area contributed by atoms with E-state index in [1.54, 1.807) is 32.0 Å². The van der Waals surface area contributed by atoms with E-state index in [-0.39, 0.29) is 16.2 Å². The SMILES string of the molecule is Cc1ccc(C)c(S(=O)(=O)Oc2ccccc2C(N)=O)c1. The largest absolute Gasteiger partial charge is 0.378 e. The molecule has 1 amide bonds. The summed E-state index contributed by atoms with van der Waals surface area (Å²) in [6, 6.07) is 11.0. The number of aryl methyl sites for hydroxylation is 2. The lowest BCUT2D eigenvalue weighted by atomic mass is 10.2. The molecule has 0 bridgehead atoms. The van der Waals surface area contributed by atoms with Crippen LogP contribution < -0.4 is 9.92 Å². The molecule has 6 heteroatoms. The molecular formula is C15H15NO4S. The van der Waals surface area contributed by atoms with Crippen molar-refractivity contribution < 1.29 is 17.4 Å². The van der Waals surface area contributed by atoms with Gasteiger partial charge in [-0.25, -0.2) is 0 Å². The first-order valence-corrected chi connectivity index (χ1v) is 7.62. The molecule has 0 spiro atoms. The first-order chi connectivity index (χ1) is 9.81. The Labute approximate surface area is 123 Å². The molecule has 21 heavy (non-hydrogen) atoms. The van der Waals surface area contributed by atoms with Crippen molar-refractivity contribution in [3.8, 4) is 5.75 Å². The number of carbonyl (C=O) groups excluding carboxylic acids is 1. The number of hydrogen-bond acceptors (Lipinski definition) is 4. The monoisotopic (exact) mass is 305 g/mol. The minimum Gasteiger partial charge on any atom is -0.378 e. The molecule has 0 aliphatic rings. The summed E-state index contributed by atoms with van der Waals surface area (Å²) >= 11 is 0. The van der Waals surface area contributed by atoms with Crippen molar-refractivity contribution in [2.75, 3.05) is 0 Å². The molecule has 0 atom stereocenters. The Balaban J connectivity index is 2.48. The summed E-state index contributed by atoms with van der Waals surface area (Å²) in [6.07, 6.45) is 0. The maximum Gasteiger partial charge on any atom is 0.339 e. The lowest BCUT2D eigenvalue weighted by Gasteiger charge is -2.11. The topological polar surface area (TPSA) is 86.5 Å². The van der Waals surface area contributed by atoms with Gasteiger partial charge in [-0.1, -0.05) is 24.3 Å². The zero-order valence-corrected chi connectivity index (χ0v) is 12.5. The maximum absolute atomic E-state index is 12.4. The molecule has 2 rings (SSSR count). The van der Waals surface area contributed by atoms with Gasteiger partial charge < -0.3 is 9.92 Å². The van der Waals surface area contributed by atoms with Crippen LogP contribution in [0.3, 0.4) is 0 Å². The van der Waals surface area contributed by atoms with Crippen molar-refractivity contribution in [2.45, 2.75) is 18.7 Å². The predicted molar refractivity (Wildman–Crippen MR) is 78.7 cm³/mol. The van der Waals surface area contributed by atoms with E-state index in [0.29, 0.717) is 5.56 Å². The molecule has 0 saturated heterocycles. The minimum atomic E-state index is -4.03. The van der Waals surface area contributed by atoms with Crippen LogP contribution in [0.5, 0.6) is 5.75 Å². The van der Waals surface area contributed by atoms with Crippen LogP contribution in [0.15, 0.2) is 47.4 Å². The summed E-state index contributed by atoms with van der Waals surface area (Å²) in [5, 5.41) is 0. The zero-order chi connectivity index (χ0) is 15.6. The highest BCUT2D eigenvalue weighted by atomic mass is 32.2. The Morgan fingerprint density at radius 1 is 1.10 bits per heavy atom. The number of nitrogens with two attached hydrogens (primary N) is 1. The predicted octanol–water partition coefficient (Wildman–Crippen LogP) is 2.17. The van der Waals surface area contributed by atoms with Gasteiger partial charge in [0.05, 0.1) is 5.56 Å². The minimum absolute atomic E-state index is 0.0198. The number of amides is 1. The zero-order valence-electron chi connectivity index (χ0n) is 11.7. The first-order valence-electron chi connectivity index (χ1n) is 6.22. The first kappa shape index (κ1) is 15.1. The number of primary amides is 1. The van der Waals surface area contributed by atoms with Crippen LogP contribution in [0.4, 0.5) is 0 Å². The molecule has 0 aliphatic carbocycles. The fourth-order valence-electron chi connectivity index (χ4n) is 1.88. The molecule has 0 heterocycles. The fourth-order valence-corrected chi connectivity index (χ4v) is 3.15. The van der Waals surface area contributed by atoms with E-state index in [4.69, 9.17) is 9.92 Å². The Morgan fingerprint density at radius 2 is 1.76 bits per heavy atom. The summed E-state index contributed by atoms with van der Waals surface area (Å²) in [6.45, 7) is 3.46. The Bertz CT molecular complexity index is 797. The Kier molecular flexibility index (Phi) is 3.99. The number of para-hydroxylation sites is 1. The third kappa shape index (κ3) is 3.22. The molecule has 5 nitrogen and oxygen atoms in total. The number of rotatable bonds is 4. The van der Waals surface area contributed by atoms with Crippen LogP contribution in [-0.2, 0) is 10.1 Å². The molecule has 0 saturated carbocycles. The standard InChI is InChI=1S/C15H15NO4S/c1-10-7-8-11(2)14(9-10)21(18,19)20-13-6-4-3-5-12(13)15(16)17/h3-9H,1-2H3,(H2,16,17). The Hall–Kier alpha value is -2.34. The van der Waals surface area contributed by atoms with Crippen molar-refractivity contribution in [3.63, 3.8) is 0 Å². The van der Waals surface area contributed by atoms with Crippen LogP contribution in [0, 0.1) is 13.8 Å². The van der Waals surface area contributed by atoms with Gasteiger partial charge in [0.25, 0.3) is 5.91 Å². The number of hydrogen-bond donors (Lipinski definition) is 1. The summed E-state index contributed by atoms with van der Waals surface area (Å²) in [7, 11) is -4.03. The average molecular weight is 305 g/mol. The van der Waals surface area contributed by atoms with E-state index in [1.165, 1.54) is 18.2 Å². The highest BCUT2D eigenvalue weighted by Crippen LogP contribution is 2.25. The second-order valence-corrected chi connectivity index (χ2v) is 6.18. The van der Waals surface area contributed by atoms with Gasteiger partial charge in [-0.05, 0) is 43.2 Å². The molecule has 2 N–H and O–H groups in total. The highest BCUT2D eigenvalue weighted by molar-refractivity contribution is 7.87. The van der Waals surface area contributed by atoms with E-state index in [0.717, 1.165) is 5.56 Å². The molecule has 0 aliphatic heterocycles. The summed E-state index contributed by atoms with van der Waals surface area (Å²) in [5.74, 6) is -0.826. The summed E-state index contributed by atoms with van der Waals surface area (Å²) < 4.78 is 29.8. The summed E-state index contributed by atoms with van der Waals surface area (Å²) in [4.78, 5) is 11.4. The van der Waals surface area contributed by atoms with Gasteiger partial charge in [-0.3, -0.25) is 4.79 Å². The molecule has 0 unspecified atom stereocenters. The van der Waals surface area contributed by atoms with Gasteiger partial charge >= 0.3 is 10.1 Å². The van der Waals surface area contributed by atoms with E-state index in [2.05, 4.69) is 0 Å². The average Bonchev–Trinajstić information content (AvgIpc) is 2.41. The Morgan fingerprint density at radius 3 is 2.43 bits per heavy atom. The van der Waals surface area contributed by atoms with Crippen LogP contribution >= 0.6 is 0 Å². The lowest BCUT2D eigenvalue weighted by molar-refractivity contribution is 0.0999. The fraction of sp³-hybridized carbons (Fsp3) is 0.133. The van der Waals surface area contributed by atoms with Crippen molar-refractivity contribution in [2.24, 2.45) is 5.73 Å². The van der Waals surface area contributed by atoms with Gasteiger partial charge in [0.2, 0.25) is 0 Å².